The Bertz CT molecular complexity index is 924. The number of amides is 1. The zero-order valence-electron chi connectivity index (χ0n) is 14.4. The van der Waals surface area contributed by atoms with E-state index in [1.807, 2.05) is 0 Å². The van der Waals surface area contributed by atoms with E-state index in [9.17, 15) is 14.4 Å². The molecule has 0 aliphatic heterocycles. The molecule has 1 amide bonds. The molecule has 8 heteroatoms. The number of hydrogen-bond acceptors (Lipinski definition) is 5. The van der Waals surface area contributed by atoms with Crippen LogP contribution in [0.15, 0.2) is 42.5 Å². The van der Waals surface area contributed by atoms with E-state index in [1.165, 1.54) is 44.6 Å². The predicted octanol–water partition coefficient (Wildman–Crippen LogP) is 4.22. The lowest BCUT2D eigenvalue weighted by atomic mass is 10.1. The van der Waals surface area contributed by atoms with Crippen LogP contribution in [-0.2, 0) is 14.3 Å². The highest BCUT2D eigenvalue weighted by Crippen LogP contribution is 2.23. The zero-order chi connectivity index (χ0) is 20.0. The number of esters is 2. The van der Waals surface area contributed by atoms with Crippen molar-refractivity contribution in [3.63, 3.8) is 0 Å². The highest BCUT2D eigenvalue weighted by molar-refractivity contribution is 6.42. The summed E-state index contributed by atoms with van der Waals surface area (Å²) in [6.07, 6.45) is 2.78. The van der Waals surface area contributed by atoms with Gasteiger partial charge >= 0.3 is 11.9 Å². The summed E-state index contributed by atoms with van der Waals surface area (Å²) in [6.45, 7) is 0. The minimum atomic E-state index is -0.657. The van der Waals surface area contributed by atoms with Gasteiger partial charge in [-0.25, -0.2) is 9.59 Å². The number of benzene rings is 2. The number of anilines is 1. The Morgan fingerprint density at radius 1 is 0.926 bits per heavy atom. The van der Waals surface area contributed by atoms with Crippen molar-refractivity contribution in [3.8, 4) is 0 Å². The fourth-order valence-electron chi connectivity index (χ4n) is 2.14. The molecule has 1 N–H and O–H groups in total. The number of halogens is 2. The van der Waals surface area contributed by atoms with Crippen LogP contribution in [0, 0.1) is 0 Å². The lowest BCUT2D eigenvalue weighted by Gasteiger charge is -2.10. The average molecular weight is 408 g/mol. The van der Waals surface area contributed by atoms with Gasteiger partial charge in [-0.2, -0.15) is 0 Å². The summed E-state index contributed by atoms with van der Waals surface area (Å²) >= 11 is 11.8. The summed E-state index contributed by atoms with van der Waals surface area (Å²) in [6, 6.07) is 9.01. The quantitative estimate of drug-likeness (QED) is 0.592. The standard InChI is InChI=1S/C19H15Cl2NO5/c1-26-18(24)12-5-6-13(19(25)27-2)16(10-12)22-17(23)8-4-11-3-7-14(20)15(21)9-11/h3-10H,1-2H3,(H,22,23)/b8-4+. The molecule has 0 bridgehead atoms. The second kappa shape index (κ2) is 9.21. The molecule has 0 heterocycles. The molecular formula is C19H15Cl2NO5. The van der Waals surface area contributed by atoms with Crippen LogP contribution in [-0.4, -0.2) is 32.1 Å². The SMILES string of the molecule is COC(=O)c1ccc(C(=O)OC)c(NC(=O)/C=C/c2ccc(Cl)c(Cl)c2)c1. The first-order valence-electron chi connectivity index (χ1n) is 7.60. The molecule has 0 spiro atoms. The van der Waals surface area contributed by atoms with E-state index in [1.54, 1.807) is 18.2 Å². The smallest absolute Gasteiger partial charge is 0.339 e. The normalized spacial score (nSPS) is 10.5. The number of carbonyl (C=O) groups is 3. The Morgan fingerprint density at radius 2 is 1.63 bits per heavy atom. The van der Waals surface area contributed by atoms with Crippen molar-refractivity contribution in [1.82, 2.24) is 0 Å². The van der Waals surface area contributed by atoms with Crippen LogP contribution in [0.3, 0.4) is 0 Å². The maximum absolute atomic E-state index is 12.2. The van der Waals surface area contributed by atoms with E-state index in [0.717, 1.165) is 0 Å². The lowest BCUT2D eigenvalue weighted by molar-refractivity contribution is -0.111. The molecule has 0 aliphatic rings. The number of methoxy groups -OCH3 is 2. The van der Waals surface area contributed by atoms with Gasteiger partial charge in [-0.1, -0.05) is 29.3 Å². The largest absolute Gasteiger partial charge is 0.465 e. The third-order valence-electron chi connectivity index (χ3n) is 3.47. The minimum Gasteiger partial charge on any atom is -0.465 e. The number of ether oxygens (including phenoxy) is 2. The first kappa shape index (κ1) is 20.5. The maximum Gasteiger partial charge on any atom is 0.339 e. The monoisotopic (exact) mass is 407 g/mol. The number of carbonyl (C=O) groups excluding carboxylic acids is 3. The summed E-state index contributed by atoms with van der Waals surface area (Å²) in [5.41, 5.74) is 1.06. The second-order valence-electron chi connectivity index (χ2n) is 5.24. The van der Waals surface area contributed by atoms with Gasteiger partial charge < -0.3 is 14.8 Å². The van der Waals surface area contributed by atoms with Crippen LogP contribution in [0.4, 0.5) is 5.69 Å². The number of rotatable bonds is 5. The highest BCUT2D eigenvalue weighted by atomic mass is 35.5. The minimum absolute atomic E-state index is 0.0986. The summed E-state index contributed by atoms with van der Waals surface area (Å²) in [4.78, 5) is 35.8. The molecule has 0 radical (unpaired) electrons. The van der Waals surface area contributed by atoms with E-state index < -0.39 is 17.8 Å². The summed E-state index contributed by atoms with van der Waals surface area (Å²) in [5, 5.41) is 3.31. The van der Waals surface area contributed by atoms with Gasteiger partial charge in [0, 0.05) is 6.08 Å². The molecule has 0 aliphatic carbocycles. The first-order chi connectivity index (χ1) is 12.8. The van der Waals surface area contributed by atoms with E-state index in [2.05, 4.69) is 14.8 Å². The zero-order valence-corrected chi connectivity index (χ0v) is 15.9. The highest BCUT2D eigenvalue weighted by Gasteiger charge is 2.16. The van der Waals surface area contributed by atoms with Crippen molar-refractivity contribution in [2.45, 2.75) is 0 Å². The second-order valence-corrected chi connectivity index (χ2v) is 6.05. The molecule has 140 valence electrons. The summed E-state index contributed by atoms with van der Waals surface area (Å²) in [7, 11) is 2.45. The lowest BCUT2D eigenvalue weighted by Crippen LogP contribution is -2.14. The molecule has 2 aromatic carbocycles. The predicted molar refractivity (Wildman–Crippen MR) is 103 cm³/mol. The maximum atomic E-state index is 12.2. The number of nitrogens with one attached hydrogen (secondary N) is 1. The Kier molecular flexibility index (Phi) is 6.98. The third kappa shape index (κ3) is 5.32. The van der Waals surface area contributed by atoms with Gasteiger partial charge in [-0.3, -0.25) is 4.79 Å². The molecule has 2 aromatic rings. The van der Waals surface area contributed by atoms with Crippen LogP contribution < -0.4 is 5.32 Å². The van der Waals surface area contributed by atoms with Gasteiger partial charge in [0.2, 0.25) is 5.91 Å². The molecule has 0 atom stereocenters. The van der Waals surface area contributed by atoms with E-state index >= 15 is 0 Å². The molecule has 6 nitrogen and oxygen atoms in total. The molecule has 0 aromatic heterocycles. The van der Waals surface area contributed by atoms with Crippen molar-refractivity contribution in [2.75, 3.05) is 19.5 Å². The molecular weight excluding hydrogens is 393 g/mol. The van der Waals surface area contributed by atoms with E-state index in [-0.39, 0.29) is 16.8 Å². The third-order valence-corrected chi connectivity index (χ3v) is 4.21. The molecule has 0 unspecified atom stereocenters. The number of hydrogen-bond donors (Lipinski definition) is 1. The average Bonchev–Trinajstić information content (AvgIpc) is 2.67. The molecule has 0 saturated carbocycles. The van der Waals surface area contributed by atoms with Crippen LogP contribution in [0.25, 0.3) is 6.08 Å². The van der Waals surface area contributed by atoms with Gasteiger partial charge in [0.25, 0.3) is 0 Å². The van der Waals surface area contributed by atoms with Gasteiger partial charge in [0.1, 0.15) is 0 Å². The summed E-state index contributed by atoms with van der Waals surface area (Å²) in [5.74, 6) is -1.78. The van der Waals surface area contributed by atoms with Crippen molar-refractivity contribution in [1.29, 1.82) is 0 Å². The Hall–Kier alpha value is -2.83. The molecule has 2 rings (SSSR count). The fraction of sp³-hybridized carbons (Fsp3) is 0.105. The van der Waals surface area contributed by atoms with Crippen LogP contribution in [0.1, 0.15) is 26.3 Å². The van der Waals surface area contributed by atoms with Crippen molar-refractivity contribution >= 4 is 52.8 Å². The van der Waals surface area contributed by atoms with Crippen molar-refractivity contribution < 1.29 is 23.9 Å². The van der Waals surface area contributed by atoms with Crippen molar-refractivity contribution in [3.05, 3.63) is 69.2 Å². The van der Waals surface area contributed by atoms with Crippen LogP contribution in [0.2, 0.25) is 10.0 Å². The Morgan fingerprint density at radius 3 is 2.26 bits per heavy atom. The first-order valence-corrected chi connectivity index (χ1v) is 8.36. The van der Waals surface area contributed by atoms with Gasteiger partial charge in [-0.05, 0) is 42.0 Å². The van der Waals surface area contributed by atoms with Crippen LogP contribution in [0.5, 0.6) is 0 Å². The van der Waals surface area contributed by atoms with Gasteiger partial charge in [0.15, 0.2) is 0 Å². The topological polar surface area (TPSA) is 81.7 Å². The van der Waals surface area contributed by atoms with Crippen LogP contribution >= 0.6 is 23.2 Å². The van der Waals surface area contributed by atoms with Crippen molar-refractivity contribution in [2.24, 2.45) is 0 Å². The molecule has 27 heavy (non-hydrogen) atoms. The molecule has 0 fully saturated rings. The Labute approximate surface area is 165 Å². The molecule has 0 saturated heterocycles. The Balaban J connectivity index is 2.26. The fourth-order valence-corrected chi connectivity index (χ4v) is 2.45. The summed E-state index contributed by atoms with van der Waals surface area (Å²) < 4.78 is 9.33. The van der Waals surface area contributed by atoms with Gasteiger partial charge in [0.05, 0.1) is 41.1 Å². The van der Waals surface area contributed by atoms with Gasteiger partial charge in [-0.15, -0.1) is 0 Å². The van der Waals surface area contributed by atoms with E-state index in [4.69, 9.17) is 23.2 Å². The van der Waals surface area contributed by atoms with E-state index in [0.29, 0.717) is 15.6 Å².